The highest BCUT2D eigenvalue weighted by Gasteiger charge is 2.21. The van der Waals surface area contributed by atoms with Crippen LogP contribution in [-0.4, -0.2) is 16.6 Å². The number of hydrogen-bond donors (Lipinski definition) is 2. The fourth-order valence-electron chi connectivity index (χ4n) is 0.582. The van der Waals surface area contributed by atoms with Crippen molar-refractivity contribution in [3.8, 4) is 0 Å². The molecular weight excluding hydrogens is 148 g/mol. The molecule has 3 nitrogen and oxygen atoms in total. The number of nitrogens with two attached hydrogens (primary N) is 1. The topological polar surface area (TPSA) is 59.1 Å². The van der Waals surface area contributed by atoms with Gasteiger partial charge in [-0.3, -0.25) is 4.98 Å². The number of nitrogens with zero attached hydrogens (tertiary/aromatic N) is 1. The molecule has 0 aliphatic heterocycles. The van der Waals surface area contributed by atoms with Crippen molar-refractivity contribution >= 4 is 11.3 Å². The first-order chi connectivity index (χ1) is 4.67. The number of aromatic nitrogens is 1. The van der Waals surface area contributed by atoms with Crippen molar-refractivity contribution in [3.63, 3.8) is 0 Å². The molecule has 1 heterocycles. The molecule has 1 atom stereocenters. The third-order valence-corrected chi connectivity index (χ3v) is 2.39. The molecule has 3 N–H and O–H groups in total. The van der Waals surface area contributed by atoms with Gasteiger partial charge in [0.2, 0.25) is 0 Å². The molecule has 0 radical (unpaired) electrons. The summed E-state index contributed by atoms with van der Waals surface area (Å²) in [5.74, 6) is 0. The normalized spacial score (nSPS) is 16.7. The molecule has 0 saturated carbocycles. The van der Waals surface area contributed by atoms with Gasteiger partial charge in [-0.05, 0) is 6.92 Å². The molecule has 0 aromatic carbocycles. The standard InChI is InChI=1S/C6H10N2OS/c1-6(9,3-7)5-2-8-4-10-5/h2,4,9H,3,7H2,1H3. The van der Waals surface area contributed by atoms with Crippen LogP contribution in [0.3, 0.4) is 0 Å². The second-order valence-electron chi connectivity index (χ2n) is 2.34. The van der Waals surface area contributed by atoms with E-state index in [1.165, 1.54) is 11.3 Å². The molecule has 1 aromatic rings. The van der Waals surface area contributed by atoms with E-state index in [1.807, 2.05) is 0 Å². The molecule has 0 aliphatic rings. The van der Waals surface area contributed by atoms with E-state index in [1.54, 1.807) is 18.6 Å². The minimum Gasteiger partial charge on any atom is -0.383 e. The maximum Gasteiger partial charge on any atom is 0.110 e. The second kappa shape index (κ2) is 2.65. The summed E-state index contributed by atoms with van der Waals surface area (Å²) in [6.45, 7) is 1.91. The number of rotatable bonds is 2. The van der Waals surface area contributed by atoms with Crippen LogP contribution in [0.5, 0.6) is 0 Å². The Bertz CT molecular complexity index is 196. The van der Waals surface area contributed by atoms with Crippen LogP contribution in [-0.2, 0) is 5.60 Å². The summed E-state index contributed by atoms with van der Waals surface area (Å²) < 4.78 is 0. The zero-order valence-corrected chi connectivity index (χ0v) is 6.56. The quantitative estimate of drug-likeness (QED) is 0.651. The van der Waals surface area contributed by atoms with Gasteiger partial charge in [0.25, 0.3) is 0 Å². The lowest BCUT2D eigenvalue weighted by Crippen LogP contribution is -2.30. The molecule has 0 spiro atoms. The fourth-order valence-corrected chi connectivity index (χ4v) is 1.28. The van der Waals surface area contributed by atoms with E-state index in [0.29, 0.717) is 0 Å². The maximum absolute atomic E-state index is 9.53. The summed E-state index contributed by atoms with van der Waals surface area (Å²) in [5, 5.41) is 9.53. The van der Waals surface area contributed by atoms with E-state index < -0.39 is 5.60 Å². The molecule has 0 amide bonds. The van der Waals surface area contributed by atoms with Gasteiger partial charge in [-0.2, -0.15) is 0 Å². The van der Waals surface area contributed by atoms with Crippen LogP contribution in [0.1, 0.15) is 11.8 Å². The molecule has 1 aromatic heterocycles. The van der Waals surface area contributed by atoms with Gasteiger partial charge in [0, 0.05) is 12.7 Å². The van der Waals surface area contributed by atoms with Crippen molar-refractivity contribution in [2.24, 2.45) is 5.73 Å². The first-order valence-electron chi connectivity index (χ1n) is 2.98. The van der Waals surface area contributed by atoms with Gasteiger partial charge in [0.05, 0.1) is 10.4 Å². The smallest absolute Gasteiger partial charge is 0.110 e. The lowest BCUT2D eigenvalue weighted by Gasteiger charge is -2.17. The maximum atomic E-state index is 9.53. The van der Waals surface area contributed by atoms with Gasteiger partial charge >= 0.3 is 0 Å². The average Bonchev–Trinajstić information content (AvgIpc) is 2.38. The highest BCUT2D eigenvalue weighted by molar-refractivity contribution is 7.09. The summed E-state index contributed by atoms with van der Waals surface area (Å²) in [6.07, 6.45) is 1.64. The van der Waals surface area contributed by atoms with Gasteiger partial charge < -0.3 is 10.8 Å². The lowest BCUT2D eigenvalue weighted by atomic mass is 10.1. The van der Waals surface area contributed by atoms with Gasteiger partial charge in [-0.15, -0.1) is 11.3 Å². The summed E-state index contributed by atoms with van der Waals surface area (Å²) in [5.41, 5.74) is 6.10. The van der Waals surface area contributed by atoms with E-state index in [9.17, 15) is 5.11 Å². The molecule has 0 aliphatic carbocycles. The monoisotopic (exact) mass is 158 g/mol. The average molecular weight is 158 g/mol. The van der Waals surface area contributed by atoms with Gasteiger partial charge in [-0.25, -0.2) is 0 Å². The van der Waals surface area contributed by atoms with Gasteiger partial charge in [-0.1, -0.05) is 0 Å². The number of hydrogen-bond acceptors (Lipinski definition) is 4. The zero-order valence-electron chi connectivity index (χ0n) is 5.74. The molecular formula is C6H10N2OS. The molecule has 0 bridgehead atoms. The van der Waals surface area contributed by atoms with Crippen LogP contribution in [0.4, 0.5) is 0 Å². The van der Waals surface area contributed by atoms with E-state index in [0.717, 1.165) is 4.88 Å². The summed E-state index contributed by atoms with van der Waals surface area (Å²) in [4.78, 5) is 4.65. The van der Waals surface area contributed by atoms with Crippen LogP contribution in [0.15, 0.2) is 11.7 Å². The Balaban J connectivity index is 2.85. The van der Waals surface area contributed by atoms with E-state index in [-0.39, 0.29) is 6.54 Å². The number of aliphatic hydroxyl groups is 1. The molecule has 0 saturated heterocycles. The van der Waals surface area contributed by atoms with Gasteiger partial charge in [0.1, 0.15) is 5.60 Å². The molecule has 4 heteroatoms. The SMILES string of the molecule is CC(O)(CN)c1cncs1. The van der Waals surface area contributed by atoms with Gasteiger partial charge in [0.15, 0.2) is 0 Å². The Hall–Kier alpha value is -0.450. The highest BCUT2D eigenvalue weighted by atomic mass is 32.1. The van der Waals surface area contributed by atoms with E-state index in [2.05, 4.69) is 4.98 Å². The summed E-state index contributed by atoms with van der Waals surface area (Å²) >= 11 is 1.41. The second-order valence-corrected chi connectivity index (χ2v) is 3.23. The van der Waals surface area contributed by atoms with Crippen molar-refractivity contribution in [1.82, 2.24) is 4.98 Å². The van der Waals surface area contributed by atoms with Crippen molar-refractivity contribution in [3.05, 3.63) is 16.6 Å². The van der Waals surface area contributed by atoms with Crippen molar-refractivity contribution in [2.75, 3.05) is 6.54 Å². The van der Waals surface area contributed by atoms with Crippen LogP contribution < -0.4 is 5.73 Å². The van der Waals surface area contributed by atoms with Crippen LogP contribution >= 0.6 is 11.3 Å². The summed E-state index contributed by atoms with van der Waals surface area (Å²) in [6, 6.07) is 0. The Morgan fingerprint density at radius 2 is 2.60 bits per heavy atom. The van der Waals surface area contributed by atoms with Crippen LogP contribution in [0, 0.1) is 0 Å². The molecule has 0 fully saturated rings. The lowest BCUT2D eigenvalue weighted by molar-refractivity contribution is 0.0705. The Kier molecular flexibility index (Phi) is 2.03. The minimum atomic E-state index is -0.902. The highest BCUT2D eigenvalue weighted by Crippen LogP contribution is 2.21. The predicted octanol–water partition coefficient (Wildman–Crippen LogP) is 0.309. The van der Waals surface area contributed by atoms with Crippen molar-refractivity contribution in [2.45, 2.75) is 12.5 Å². The number of thiazole rings is 1. The molecule has 56 valence electrons. The first-order valence-corrected chi connectivity index (χ1v) is 3.86. The summed E-state index contributed by atoms with van der Waals surface area (Å²) in [7, 11) is 0. The fraction of sp³-hybridized carbons (Fsp3) is 0.500. The van der Waals surface area contributed by atoms with Crippen molar-refractivity contribution < 1.29 is 5.11 Å². The van der Waals surface area contributed by atoms with E-state index >= 15 is 0 Å². The third kappa shape index (κ3) is 1.34. The first kappa shape index (κ1) is 7.65. The Morgan fingerprint density at radius 1 is 1.90 bits per heavy atom. The van der Waals surface area contributed by atoms with E-state index in [4.69, 9.17) is 5.73 Å². The predicted molar refractivity (Wildman–Crippen MR) is 40.7 cm³/mol. The molecule has 1 rings (SSSR count). The largest absolute Gasteiger partial charge is 0.383 e. The molecule has 1 unspecified atom stereocenters. The third-order valence-electron chi connectivity index (χ3n) is 1.36. The van der Waals surface area contributed by atoms with Crippen LogP contribution in [0.25, 0.3) is 0 Å². The molecule has 10 heavy (non-hydrogen) atoms. The Labute approximate surface area is 63.5 Å². The van der Waals surface area contributed by atoms with Crippen LogP contribution in [0.2, 0.25) is 0 Å². The zero-order chi connectivity index (χ0) is 7.61. The Morgan fingerprint density at radius 3 is 3.00 bits per heavy atom. The minimum absolute atomic E-state index is 0.231. The van der Waals surface area contributed by atoms with Crippen molar-refractivity contribution in [1.29, 1.82) is 0 Å².